The van der Waals surface area contributed by atoms with E-state index in [-0.39, 0.29) is 11.7 Å². The smallest absolute Gasteiger partial charge is 0.257 e. The fourth-order valence-corrected chi connectivity index (χ4v) is 2.40. The molecule has 1 aromatic heterocycles. The first-order valence-electron chi connectivity index (χ1n) is 6.96. The van der Waals surface area contributed by atoms with Crippen molar-refractivity contribution in [3.05, 3.63) is 40.9 Å². The van der Waals surface area contributed by atoms with Crippen molar-refractivity contribution in [1.29, 1.82) is 0 Å². The van der Waals surface area contributed by atoms with Crippen molar-refractivity contribution >= 4 is 28.2 Å². The van der Waals surface area contributed by atoms with Crippen LogP contribution in [0.1, 0.15) is 41.6 Å². The topological polar surface area (TPSA) is 68.3 Å². The highest BCUT2D eigenvalue weighted by molar-refractivity contribution is 7.14. The molecule has 0 atom stereocenters. The third kappa shape index (κ3) is 4.39. The highest BCUT2D eigenvalue weighted by Crippen LogP contribution is 2.19. The third-order valence-electron chi connectivity index (χ3n) is 2.76. The Hall–Kier alpha value is -2.21. The van der Waals surface area contributed by atoms with Crippen LogP contribution < -0.4 is 10.1 Å². The standard InChI is InChI=1S/C16H18N2O3S/c1-10(2)8-21-13-6-4-5-12(7-13)15(20)18-16-17-14(9-22-16)11(3)19/h4-7,9-10H,8H2,1-3H3,(H,17,18,20). The number of Topliss-reactive ketones (excluding diaryl/α,β-unsaturated/α-hetero) is 1. The molecule has 0 fully saturated rings. The fourth-order valence-electron chi connectivity index (χ4n) is 1.65. The number of carbonyl (C=O) groups excluding carboxylic acids is 2. The van der Waals surface area contributed by atoms with Gasteiger partial charge in [-0.25, -0.2) is 4.98 Å². The van der Waals surface area contributed by atoms with Gasteiger partial charge in [-0.2, -0.15) is 0 Å². The number of rotatable bonds is 6. The Morgan fingerprint density at radius 3 is 2.77 bits per heavy atom. The van der Waals surface area contributed by atoms with Gasteiger partial charge >= 0.3 is 0 Å². The van der Waals surface area contributed by atoms with Crippen LogP contribution in [0.2, 0.25) is 0 Å². The monoisotopic (exact) mass is 318 g/mol. The van der Waals surface area contributed by atoms with E-state index in [0.29, 0.717) is 34.7 Å². The van der Waals surface area contributed by atoms with Crippen LogP contribution in [0.4, 0.5) is 5.13 Å². The summed E-state index contributed by atoms with van der Waals surface area (Å²) >= 11 is 1.22. The molecule has 0 saturated heterocycles. The van der Waals surface area contributed by atoms with Gasteiger partial charge in [0.05, 0.1) is 6.61 Å². The summed E-state index contributed by atoms with van der Waals surface area (Å²) in [6.45, 7) is 6.16. The number of nitrogens with one attached hydrogen (secondary N) is 1. The summed E-state index contributed by atoms with van der Waals surface area (Å²) in [5.41, 5.74) is 0.843. The van der Waals surface area contributed by atoms with E-state index >= 15 is 0 Å². The maximum Gasteiger partial charge on any atom is 0.257 e. The molecular formula is C16H18N2O3S. The zero-order valence-corrected chi connectivity index (χ0v) is 13.6. The number of aromatic nitrogens is 1. The summed E-state index contributed by atoms with van der Waals surface area (Å²) in [4.78, 5) is 27.5. The summed E-state index contributed by atoms with van der Waals surface area (Å²) in [6.07, 6.45) is 0. The number of ketones is 1. The number of anilines is 1. The van der Waals surface area contributed by atoms with Crippen molar-refractivity contribution in [3.63, 3.8) is 0 Å². The number of hydrogen-bond donors (Lipinski definition) is 1. The van der Waals surface area contributed by atoms with Gasteiger partial charge in [-0.3, -0.25) is 14.9 Å². The Kier molecular flexibility index (Phi) is 5.27. The van der Waals surface area contributed by atoms with Crippen LogP contribution >= 0.6 is 11.3 Å². The molecule has 0 saturated carbocycles. The van der Waals surface area contributed by atoms with Crippen molar-refractivity contribution in [2.75, 3.05) is 11.9 Å². The summed E-state index contributed by atoms with van der Waals surface area (Å²) in [5, 5.41) is 4.72. The normalized spacial score (nSPS) is 10.5. The van der Waals surface area contributed by atoms with Gasteiger partial charge in [0.1, 0.15) is 11.4 Å². The Morgan fingerprint density at radius 2 is 2.14 bits per heavy atom. The highest BCUT2D eigenvalue weighted by atomic mass is 32.1. The first-order chi connectivity index (χ1) is 10.5. The van der Waals surface area contributed by atoms with Gasteiger partial charge in [-0.15, -0.1) is 11.3 Å². The van der Waals surface area contributed by atoms with Crippen LogP contribution in [0.3, 0.4) is 0 Å². The SMILES string of the molecule is CC(=O)c1csc(NC(=O)c2cccc(OCC(C)C)c2)n1. The van der Waals surface area contributed by atoms with Crippen molar-refractivity contribution in [1.82, 2.24) is 4.98 Å². The Labute approximate surface area is 133 Å². The lowest BCUT2D eigenvalue weighted by atomic mass is 10.2. The van der Waals surface area contributed by atoms with Gasteiger partial charge in [-0.05, 0) is 24.1 Å². The van der Waals surface area contributed by atoms with Crippen molar-refractivity contribution in [2.45, 2.75) is 20.8 Å². The average molecular weight is 318 g/mol. The lowest BCUT2D eigenvalue weighted by molar-refractivity contribution is 0.100. The number of carbonyl (C=O) groups is 2. The molecule has 22 heavy (non-hydrogen) atoms. The first-order valence-corrected chi connectivity index (χ1v) is 7.84. The molecule has 2 aromatic rings. The number of hydrogen-bond acceptors (Lipinski definition) is 5. The fraction of sp³-hybridized carbons (Fsp3) is 0.312. The third-order valence-corrected chi connectivity index (χ3v) is 3.52. The first kappa shape index (κ1) is 16.2. The minimum absolute atomic E-state index is 0.124. The van der Waals surface area contributed by atoms with Crippen LogP contribution in [-0.2, 0) is 0 Å². The van der Waals surface area contributed by atoms with E-state index in [1.54, 1.807) is 23.6 Å². The lowest BCUT2D eigenvalue weighted by Crippen LogP contribution is -2.12. The molecule has 6 heteroatoms. The van der Waals surface area contributed by atoms with Crippen molar-refractivity contribution < 1.29 is 14.3 Å². The molecule has 0 bridgehead atoms. The van der Waals surface area contributed by atoms with Crippen LogP contribution in [-0.4, -0.2) is 23.3 Å². The van der Waals surface area contributed by atoms with E-state index in [0.717, 1.165) is 0 Å². The molecule has 0 aliphatic rings. The van der Waals surface area contributed by atoms with E-state index in [9.17, 15) is 9.59 Å². The largest absolute Gasteiger partial charge is 0.493 e. The number of amides is 1. The van der Waals surface area contributed by atoms with E-state index in [1.807, 2.05) is 6.07 Å². The van der Waals surface area contributed by atoms with Gasteiger partial charge in [0.2, 0.25) is 0 Å². The van der Waals surface area contributed by atoms with Gasteiger partial charge in [0.25, 0.3) is 5.91 Å². The molecule has 5 nitrogen and oxygen atoms in total. The number of ether oxygens (including phenoxy) is 1. The zero-order chi connectivity index (χ0) is 16.1. The Morgan fingerprint density at radius 1 is 1.36 bits per heavy atom. The average Bonchev–Trinajstić information content (AvgIpc) is 2.94. The molecule has 0 radical (unpaired) electrons. The zero-order valence-electron chi connectivity index (χ0n) is 12.8. The minimum Gasteiger partial charge on any atom is -0.493 e. The second-order valence-electron chi connectivity index (χ2n) is 5.28. The van der Waals surface area contributed by atoms with E-state index < -0.39 is 0 Å². The van der Waals surface area contributed by atoms with Gasteiger partial charge in [0.15, 0.2) is 10.9 Å². The van der Waals surface area contributed by atoms with Gasteiger partial charge in [-0.1, -0.05) is 19.9 Å². The molecule has 2 rings (SSSR count). The van der Waals surface area contributed by atoms with E-state index in [2.05, 4.69) is 24.1 Å². The lowest BCUT2D eigenvalue weighted by Gasteiger charge is -2.09. The van der Waals surface area contributed by atoms with Crippen LogP contribution in [0.15, 0.2) is 29.6 Å². The van der Waals surface area contributed by atoms with Gasteiger partial charge < -0.3 is 4.74 Å². The summed E-state index contributed by atoms with van der Waals surface area (Å²) in [7, 11) is 0. The predicted molar refractivity (Wildman–Crippen MR) is 86.8 cm³/mol. The van der Waals surface area contributed by atoms with Crippen LogP contribution in [0, 0.1) is 5.92 Å². The van der Waals surface area contributed by atoms with Gasteiger partial charge in [0, 0.05) is 17.9 Å². The molecule has 116 valence electrons. The minimum atomic E-state index is -0.278. The molecule has 1 aromatic carbocycles. The predicted octanol–water partition coefficient (Wildman–Crippen LogP) is 3.63. The van der Waals surface area contributed by atoms with Crippen LogP contribution in [0.5, 0.6) is 5.75 Å². The van der Waals surface area contributed by atoms with Crippen LogP contribution in [0.25, 0.3) is 0 Å². The molecule has 1 heterocycles. The maximum absolute atomic E-state index is 12.2. The summed E-state index contributed by atoms with van der Waals surface area (Å²) < 4.78 is 5.61. The Balaban J connectivity index is 2.05. The highest BCUT2D eigenvalue weighted by Gasteiger charge is 2.11. The van der Waals surface area contributed by atoms with E-state index in [4.69, 9.17) is 4.74 Å². The molecular weight excluding hydrogens is 300 g/mol. The number of benzene rings is 1. The second kappa shape index (κ2) is 7.17. The quantitative estimate of drug-likeness (QED) is 0.826. The summed E-state index contributed by atoms with van der Waals surface area (Å²) in [6, 6.07) is 6.98. The number of thiazole rings is 1. The molecule has 0 unspecified atom stereocenters. The van der Waals surface area contributed by atoms with E-state index in [1.165, 1.54) is 18.3 Å². The van der Waals surface area contributed by atoms with Crippen molar-refractivity contribution in [3.8, 4) is 5.75 Å². The molecule has 0 spiro atoms. The Bertz CT molecular complexity index is 680. The molecule has 0 aliphatic carbocycles. The molecule has 1 amide bonds. The number of nitrogens with zero attached hydrogens (tertiary/aromatic N) is 1. The molecule has 1 N–H and O–H groups in total. The summed E-state index contributed by atoms with van der Waals surface area (Å²) in [5.74, 6) is 0.669. The van der Waals surface area contributed by atoms with Crippen molar-refractivity contribution in [2.24, 2.45) is 5.92 Å². The second-order valence-corrected chi connectivity index (χ2v) is 6.14. The maximum atomic E-state index is 12.2. The molecule has 0 aliphatic heterocycles.